The molecule has 0 saturated heterocycles. The topological polar surface area (TPSA) is 3.24 Å². The second-order valence-electron chi connectivity index (χ2n) is 4.61. The van der Waals surface area contributed by atoms with E-state index in [1.165, 1.54) is 11.1 Å². The van der Waals surface area contributed by atoms with Gasteiger partial charge < -0.3 is 4.90 Å². The third-order valence-corrected chi connectivity index (χ3v) is 3.48. The lowest BCUT2D eigenvalue weighted by Crippen LogP contribution is -2.42. The Balaban J connectivity index is 2.50. The van der Waals surface area contributed by atoms with Gasteiger partial charge in [0.25, 0.3) is 0 Å². The van der Waals surface area contributed by atoms with Gasteiger partial charge in [0, 0.05) is 12.7 Å². The van der Waals surface area contributed by atoms with Crippen molar-refractivity contribution in [2.45, 2.75) is 18.9 Å². The van der Waals surface area contributed by atoms with Gasteiger partial charge >= 0.3 is 0 Å². The van der Waals surface area contributed by atoms with Gasteiger partial charge in [-0.25, -0.2) is 0 Å². The Labute approximate surface area is 104 Å². The Kier molecular flexibility index (Phi) is 3.19. The first-order chi connectivity index (χ1) is 8.22. The van der Waals surface area contributed by atoms with Crippen molar-refractivity contribution in [3.8, 4) is 0 Å². The zero-order chi connectivity index (χ0) is 12.3. The second-order valence-corrected chi connectivity index (χ2v) is 4.61. The summed E-state index contributed by atoms with van der Waals surface area (Å²) in [7, 11) is 0. The predicted molar refractivity (Wildman–Crippen MR) is 74.5 cm³/mol. The van der Waals surface area contributed by atoms with Crippen LogP contribution in [-0.4, -0.2) is 11.4 Å². The molecular formula is C16H19N. The Hall–Kier alpha value is -1.76. The molecule has 0 amide bonds. The summed E-state index contributed by atoms with van der Waals surface area (Å²) < 4.78 is 0. The van der Waals surface area contributed by atoms with Gasteiger partial charge in [-0.05, 0) is 30.5 Å². The van der Waals surface area contributed by atoms with Crippen LogP contribution < -0.4 is 0 Å². The molecule has 1 aliphatic heterocycles. The number of hydrogen-bond acceptors (Lipinski definition) is 1. The maximum atomic E-state index is 3.89. The minimum absolute atomic E-state index is 0.0126. The van der Waals surface area contributed by atoms with Crippen LogP contribution >= 0.6 is 0 Å². The average Bonchev–Trinajstić information content (AvgIpc) is 2.34. The highest BCUT2D eigenvalue weighted by molar-refractivity contribution is 5.58. The lowest BCUT2D eigenvalue weighted by Gasteiger charge is -2.43. The first kappa shape index (κ1) is 11.7. The number of hydrogen-bond donors (Lipinski definition) is 0. The normalized spacial score (nSPS) is 22.1. The minimum Gasteiger partial charge on any atom is -0.364 e. The molecule has 1 heteroatoms. The minimum atomic E-state index is -0.0126. The molecule has 0 aromatic heterocycles. The summed E-state index contributed by atoms with van der Waals surface area (Å²) in [6, 6.07) is 8.56. The zero-order valence-electron chi connectivity index (χ0n) is 10.4. The van der Waals surface area contributed by atoms with Crippen molar-refractivity contribution < 1.29 is 0 Å². The fourth-order valence-corrected chi connectivity index (χ4v) is 2.53. The lowest BCUT2D eigenvalue weighted by molar-refractivity contribution is 0.181. The molecule has 1 aromatic carbocycles. The van der Waals surface area contributed by atoms with Crippen molar-refractivity contribution in [3.63, 3.8) is 0 Å². The molecule has 88 valence electrons. The van der Waals surface area contributed by atoms with Crippen LogP contribution in [-0.2, 0) is 5.54 Å². The molecule has 1 aliphatic rings. The van der Waals surface area contributed by atoms with Crippen LogP contribution in [0.4, 0.5) is 0 Å². The highest BCUT2D eigenvalue weighted by Crippen LogP contribution is 2.38. The summed E-state index contributed by atoms with van der Waals surface area (Å²) in [4.78, 5) is 2.32. The van der Waals surface area contributed by atoms with Gasteiger partial charge in [-0.2, -0.15) is 0 Å². The van der Waals surface area contributed by atoms with E-state index in [0.717, 1.165) is 13.0 Å². The van der Waals surface area contributed by atoms with Gasteiger partial charge in [0.1, 0.15) is 0 Å². The smallest absolute Gasteiger partial charge is 0.0663 e. The van der Waals surface area contributed by atoms with E-state index >= 15 is 0 Å². The number of nitrogens with zero attached hydrogens (tertiary/aromatic N) is 1. The predicted octanol–water partition coefficient (Wildman–Crippen LogP) is 3.95. The summed E-state index contributed by atoms with van der Waals surface area (Å²) in [6.45, 7) is 10.8. The molecule has 0 spiro atoms. The van der Waals surface area contributed by atoms with E-state index < -0.39 is 0 Å². The van der Waals surface area contributed by atoms with Crippen LogP contribution in [0, 0.1) is 0 Å². The van der Waals surface area contributed by atoms with Crippen molar-refractivity contribution in [1.82, 2.24) is 4.90 Å². The van der Waals surface area contributed by atoms with Gasteiger partial charge in [0.2, 0.25) is 0 Å². The second kappa shape index (κ2) is 4.62. The van der Waals surface area contributed by atoms with Gasteiger partial charge in [-0.3, -0.25) is 0 Å². The average molecular weight is 225 g/mol. The largest absolute Gasteiger partial charge is 0.364 e. The van der Waals surface area contributed by atoms with E-state index in [2.05, 4.69) is 61.5 Å². The van der Waals surface area contributed by atoms with Crippen LogP contribution in [0.15, 0.2) is 55.8 Å². The van der Waals surface area contributed by atoms with E-state index in [-0.39, 0.29) is 5.54 Å². The third kappa shape index (κ3) is 1.93. The van der Waals surface area contributed by atoms with Crippen LogP contribution in [0.25, 0.3) is 6.08 Å². The summed E-state index contributed by atoms with van der Waals surface area (Å²) in [5.41, 5.74) is 2.66. The van der Waals surface area contributed by atoms with E-state index in [1.807, 2.05) is 12.2 Å². The standard InChI is InChI=1S/C16H19N/c1-4-11-16(3)15-9-7-6-8-14(15)10-13-17(16)12-5-2/h4-10,13H,1-2,11-12H2,3H3. The van der Waals surface area contributed by atoms with Crippen LogP contribution in [0.2, 0.25) is 0 Å². The first-order valence-corrected chi connectivity index (χ1v) is 5.98. The monoisotopic (exact) mass is 225 g/mol. The Morgan fingerprint density at radius 1 is 1.24 bits per heavy atom. The molecule has 1 unspecified atom stereocenters. The maximum absolute atomic E-state index is 3.89. The Morgan fingerprint density at radius 2 is 2.00 bits per heavy atom. The van der Waals surface area contributed by atoms with Gasteiger partial charge in [0.15, 0.2) is 0 Å². The molecule has 0 fully saturated rings. The molecular weight excluding hydrogens is 206 g/mol. The lowest BCUT2D eigenvalue weighted by atomic mass is 9.82. The van der Waals surface area contributed by atoms with E-state index in [1.54, 1.807) is 0 Å². The van der Waals surface area contributed by atoms with E-state index in [0.29, 0.717) is 0 Å². The SMILES string of the molecule is C=CCN1C=Cc2ccccc2C1(C)CC=C. The molecule has 1 aromatic rings. The Morgan fingerprint density at radius 3 is 2.71 bits per heavy atom. The van der Waals surface area contributed by atoms with Gasteiger partial charge in [-0.15, -0.1) is 13.2 Å². The molecule has 0 aliphatic carbocycles. The summed E-state index contributed by atoms with van der Waals surface area (Å²) >= 11 is 0. The fraction of sp³-hybridized carbons (Fsp3) is 0.250. The molecule has 0 bridgehead atoms. The van der Waals surface area contributed by atoms with Crippen molar-refractivity contribution in [1.29, 1.82) is 0 Å². The molecule has 1 heterocycles. The zero-order valence-corrected chi connectivity index (χ0v) is 10.4. The maximum Gasteiger partial charge on any atom is 0.0663 e. The molecule has 2 rings (SSSR count). The summed E-state index contributed by atoms with van der Waals surface area (Å²) in [6.07, 6.45) is 9.20. The molecule has 1 atom stereocenters. The molecule has 1 nitrogen and oxygen atoms in total. The van der Waals surface area contributed by atoms with Crippen molar-refractivity contribution in [2.24, 2.45) is 0 Å². The van der Waals surface area contributed by atoms with Crippen molar-refractivity contribution >= 4 is 6.08 Å². The highest BCUT2D eigenvalue weighted by Gasteiger charge is 2.33. The molecule has 17 heavy (non-hydrogen) atoms. The van der Waals surface area contributed by atoms with Crippen molar-refractivity contribution in [3.05, 3.63) is 66.9 Å². The van der Waals surface area contributed by atoms with Crippen LogP contribution in [0.5, 0.6) is 0 Å². The van der Waals surface area contributed by atoms with E-state index in [9.17, 15) is 0 Å². The first-order valence-electron chi connectivity index (χ1n) is 5.98. The van der Waals surface area contributed by atoms with Crippen molar-refractivity contribution in [2.75, 3.05) is 6.54 Å². The highest BCUT2D eigenvalue weighted by atomic mass is 15.2. The summed E-state index contributed by atoms with van der Waals surface area (Å²) in [5.74, 6) is 0. The fourth-order valence-electron chi connectivity index (χ4n) is 2.53. The van der Waals surface area contributed by atoms with Crippen LogP contribution in [0.1, 0.15) is 24.5 Å². The summed E-state index contributed by atoms with van der Waals surface area (Å²) in [5, 5.41) is 0. The number of rotatable bonds is 4. The van der Waals surface area contributed by atoms with Gasteiger partial charge in [0.05, 0.1) is 5.54 Å². The molecule has 0 N–H and O–H groups in total. The van der Waals surface area contributed by atoms with Crippen LogP contribution in [0.3, 0.4) is 0 Å². The Bertz CT molecular complexity index is 458. The van der Waals surface area contributed by atoms with Gasteiger partial charge in [-0.1, -0.05) is 36.4 Å². The van der Waals surface area contributed by atoms with E-state index in [4.69, 9.17) is 0 Å². The third-order valence-electron chi connectivity index (χ3n) is 3.48. The number of fused-ring (bicyclic) bond motifs is 1. The molecule has 0 saturated carbocycles. The molecule has 0 radical (unpaired) electrons. The quantitative estimate of drug-likeness (QED) is 0.701. The number of benzene rings is 1.